The zero-order valence-electron chi connectivity index (χ0n) is 18.4. The highest BCUT2D eigenvalue weighted by Crippen LogP contribution is 2.24. The molecule has 1 amide bonds. The number of benzene rings is 1. The highest BCUT2D eigenvalue weighted by Gasteiger charge is 2.36. The molecule has 0 bridgehead atoms. The predicted molar refractivity (Wildman–Crippen MR) is 127 cm³/mol. The van der Waals surface area contributed by atoms with Gasteiger partial charge in [0.2, 0.25) is 0 Å². The number of hydrogen-bond donors (Lipinski definition) is 1. The standard InChI is InChI=1S/C21H32N4O4.HI/c1-21(2,3)29-20(26)24-10-11-25-16(14-24)13-23-19(25)22-9-8-15-12-17(27-4)6-7-18(15)28-5;/h6-7,12,16H,8-11,13-14H2,1-5H3,(H,22,23);1H. The first kappa shape index (κ1) is 24.4. The van der Waals surface area contributed by atoms with E-state index < -0.39 is 5.60 Å². The van der Waals surface area contributed by atoms with E-state index in [9.17, 15) is 4.79 Å². The van der Waals surface area contributed by atoms with E-state index in [2.05, 4.69) is 15.2 Å². The van der Waals surface area contributed by atoms with Gasteiger partial charge in [-0.2, -0.15) is 0 Å². The summed E-state index contributed by atoms with van der Waals surface area (Å²) in [4.78, 5) is 21.0. The molecule has 1 atom stereocenters. The fourth-order valence-corrected chi connectivity index (χ4v) is 3.61. The molecule has 0 saturated carbocycles. The number of ether oxygens (including phenoxy) is 3. The zero-order chi connectivity index (χ0) is 21.0. The molecule has 8 nitrogen and oxygen atoms in total. The summed E-state index contributed by atoms with van der Waals surface area (Å²) in [6.07, 6.45) is 0.547. The Balaban J connectivity index is 0.00000320. The molecule has 1 N–H and O–H groups in total. The molecule has 1 saturated heterocycles. The Hall–Kier alpha value is -1.91. The Morgan fingerprint density at radius 1 is 1.23 bits per heavy atom. The molecule has 2 aliphatic heterocycles. The molecule has 1 unspecified atom stereocenters. The summed E-state index contributed by atoms with van der Waals surface area (Å²) in [5.41, 5.74) is 0.609. The largest absolute Gasteiger partial charge is 0.497 e. The van der Waals surface area contributed by atoms with Crippen molar-refractivity contribution < 1.29 is 19.0 Å². The smallest absolute Gasteiger partial charge is 0.410 e. The number of hydrogen-bond acceptors (Lipinski definition) is 7. The van der Waals surface area contributed by atoms with Gasteiger partial charge in [-0.15, -0.1) is 24.0 Å². The SMILES string of the molecule is COc1ccc(OC)c(CCNC2=NCC3CN(C(=O)OC(C)(C)C)CCN23)c1.I. The lowest BCUT2D eigenvalue weighted by Gasteiger charge is -2.39. The maximum atomic E-state index is 12.3. The lowest BCUT2D eigenvalue weighted by molar-refractivity contribution is 0.0137. The van der Waals surface area contributed by atoms with Crippen molar-refractivity contribution in [3.8, 4) is 11.5 Å². The molecule has 30 heavy (non-hydrogen) atoms. The molecule has 0 aromatic heterocycles. The number of piperazine rings is 1. The van der Waals surface area contributed by atoms with Crippen LogP contribution in [0.5, 0.6) is 11.5 Å². The highest BCUT2D eigenvalue weighted by atomic mass is 127. The molecule has 0 radical (unpaired) electrons. The molecule has 0 spiro atoms. The van der Waals surface area contributed by atoms with Crippen LogP contribution in [0.15, 0.2) is 23.2 Å². The van der Waals surface area contributed by atoms with Crippen molar-refractivity contribution >= 4 is 36.0 Å². The number of rotatable bonds is 5. The second-order valence-electron chi connectivity index (χ2n) is 8.29. The third kappa shape index (κ3) is 6.05. The van der Waals surface area contributed by atoms with E-state index in [1.807, 2.05) is 39.0 Å². The van der Waals surface area contributed by atoms with Crippen LogP contribution in [0.25, 0.3) is 0 Å². The maximum Gasteiger partial charge on any atom is 0.410 e. The van der Waals surface area contributed by atoms with E-state index in [1.54, 1.807) is 19.1 Å². The molecule has 168 valence electrons. The van der Waals surface area contributed by atoms with Gasteiger partial charge in [0, 0.05) is 26.2 Å². The first-order chi connectivity index (χ1) is 13.8. The summed E-state index contributed by atoms with van der Waals surface area (Å²) < 4.78 is 16.3. The Bertz CT molecular complexity index is 766. The zero-order valence-corrected chi connectivity index (χ0v) is 20.8. The van der Waals surface area contributed by atoms with Crippen molar-refractivity contribution in [2.75, 3.05) is 46.9 Å². The van der Waals surface area contributed by atoms with Crippen LogP contribution in [-0.4, -0.2) is 80.4 Å². The maximum absolute atomic E-state index is 12.3. The molecule has 1 aromatic rings. The number of guanidine groups is 1. The van der Waals surface area contributed by atoms with E-state index >= 15 is 0 Å². The summed E-state index contributed by atoms with van der Waals surface area (Å²) >= 11 is 0. The van der Waals surface area contributed by atoms with Gasteiger partial charge in [0.05, 0.1) is 26.8 Å². The van der Waals surface area contributed by atoms with Crippen LogP contribution >= 0.6 is 24.0 Å². The van der Waals surface area contributed by atoms with Crippen molar-refractivity contribution in [2.45, 2.75) is 38.8 Å². The molecule has 3 rings (SSSR count). The summed E-state index contributed by atoms with van der Waals surface area (Å²) in [6.45, 7) is 9.10. The topological polar surface area (TPSA) is 75.6 Å². The van der Waals surface area contributed by atoms with Gasteiger partial charge in [-0.3, -0.25) is 4.99 Å². The number of nitrogens with one attached hydrogen (secondary N) is 1. The van der Waals surface area contributed by atoms with Gasteiger partial charge in [-0.05, 0) is 51.0 Å². The average Bonchev–Trinajstić information content (AvgIpc) is 3.09. The molecule has 2 aliphatic rings. The number of carbonyl (C=O) groups excluding carboxylic acids is 1. The number of aliphatic imine (C=N–C) groups is 1. The monoisotopic (exact) mass is 532 g/mol. The fourth-order valence-electron chi connectivity index (χ4n) is 3.61. The lowest BCUT2D eigenvalue weighted by Crippen LogP contribution is -2.57. The number of fused-ring (bicyclic) bond motifs is 1. The van der Waals surface area contributed by atoms with Gasteiger partial charge >= 0.3 is 6.09 Å². The third-order valence-corrected chi connectivity index (χ3v) is 5.02. The van der Waals surface area contributed by atoms with Gasteiger partial charge in [0.1, 0.15) is 17.1 Å². The number of amides is 1. The molecule has 1 fully saturated rings. The van der Waals surface area contributed by atoms with E-state index in [1.165, 1.54) is 0 Å². The minimum absolute atomic E-state index is 0. The van der Waals surface area contributed by atoms with Crippen molar-refractivity contribution in [1.29, 1.82) is 0 Å². The average molecular weight is 532 g/mol. The minimum Gasteiger partial charge on any atom is -0.497 e. The molecular weight excluding hydrogens is 499 g/mol. The molecular formula is C21H33IN4O4. The normalized spacial score (nSPS) is 18.2. The number of halogens is 1. The van der Waals surface area contributed by atoms with Gasteiger partial charge in [0.15, 0.2) is 5.96 Å². The van der Waals surface area contributed by atoms with Crippen molar-refractivity contribution in [1.82, 2.24) is 15.1 Å². The van der Waals surface area contributed by atoms with Gasteiger partial charge < -0.3 is 29.3 Å². The van der Waals surface area contributed by atoms with Crippen molar-refractivity contribution in [2.24, 2.45) is 4.99 Å². The molecule has 0 aliphatic carbocycles. The van der Waals surface area contributed by atoms with Crippen LogP contribution in [0, 0.1) is 0 Å². The van der Waals surface area contributed by atoms with Gasteiger partial charge in [-0.1, -0.05) is 0 Å². The van der Waals surface area contributed by atoms with E-state index in [0.717, 1.165) is 42.5 Å². The second kappa shape index (κ2) is 10.4. The second-order valence-corrected chi connectivity index (χ2v) is 8.29. The van der Waals surface area contributed by atoms with Crippen LogP contribution in [0.1, 0.15) is 26.3 Å². The Morgan fingerprint density at radius 3 is 2.67 bits per heavy atom. The van der Waals surface area contributed by atoms with Gasteiger partial charge in [0.25, 0.3) is 0 Å². The lowest BCUT2D eigenvalue weighted by atomic mass is 10.1. The first-order valence-corrected chi connectivity index (χ1v) is 10.0. The van der Waals surface area contributed by atoms with Crippen LogP contribution in [0.2, 0.25) is 0 Å². The highest BCUT2D eigenvalue weighted by molar-refractivity contribution is 14.0. The minimum atomic E-state index is -0.478. The van der Waals surface area contributed by atoms with Crippen molar-refractivity contribution in [3.63, 3.8) is 0 Å². The predicted octanol–water partition coefficient (Wildman–Crippen LogP) is 2.74. The number of carbonyl (C=O) groups is 1. The quantitative estimate of drug-likeness (QED) is 0.589. The van der Waals surface area contributed by atoms with Crippen LogP contribution < -0.4 is 14.8 Å². The Kier molecular flexibility index (Phi) is 8.45. The van der Waals surface area contributed by atoms with Gasteiger partial charge in [-0.25, -0.2) is 4.79 Å². The number of nitrogens with zero attached hydrogens (tertiary/aromatic N) is 3. The van der Waals surface area contributed by atoms with Crippen LogP contribution in [0.4, 0.5) is 4.79 Å². The summed E-state index contributed by atoms with van der Waals surface area (Å²) in [5, 5.41) is 3.45. The fraction of sp³-hybridized carbons (Fsp3) is 0.619. The molecule has 9 heteroatoms. The van der Waals surface area contributed by atoms with E-state index in [-0.39, 0.29) is 36.1 Å². The van der Waals surface area contributed by atoms with Crippen molar-refractivity contribution in [3.05, 3.63) is 23.8 Å². The molecule has 2 heterocycles. The van der Waals surface area contributed by atoms with E-state index in [4.69, 9.17) is 14.2 Å². The number of methoxy groups -OCH3 is 2. The summed E-state index contributed by atoms with van der Waals surface area (Å²) in [7, 11) is 3.34. The van der Waals surface area contributed by atoms with Crippen LogP contribution in [-0.2, 0) is 11.2 Å². The summed E-state index contributed by atoms with van der Waals surface area (Å²) in [6, 6.07) is 6.02. The first-order valence-electron chi connectivity index (χ1n) is 10.0. The Labute approximate surface area is 196 Å². The van der Waals surface area contributed by atoms with E-state index in [0.29, 0.717) is 19.6 Å². The Morgan fingerprint density at radius 2 is 2.00 bits per heavy atom. The molecule has 1 aromatic carbocycles. The summed E-state index contributed by atoms with van der Waals surface area (Å²) in [5.74, 6) is 2.57. The third-order valence-electron chi connectivity index (χ3n) is 5.02. The van der Waals surface area contributed by atoms with Crippen LogP contribution in [0.3, 0.4) is 0 Å².